The van der Waals surface area contributed by atoms with Crippen LogP contribution in [-0.2, 0) is 18.3 Å². The monoisotopic (exact) mass is 441 g/mol. The Kier molecular flexibility index (Phi) is 5.23. The lowest BCUT2D eigenvalue weighted by molar-refractivity contribution is -0.0505. The predicted octanol–water partition coefficient (Wildman–Crippen LogP) is -0.974. The number of aromatic nitrogens is 6. The maximum atomic E-state index is 12.0. The lowest BCUT2D eigenvalue weighted by Gasteiger charge is -2.17. The number of phosphoric acid groups is 1. The highest BCUT2D eigenvalue weighted by Crippen LogP contribution is 2.45. The molecule has 15 nitrogen and oxygen atoms in total. The van der Waals surface area contributed by atoms with Gasteiger partial charge in [-0.3, -0.25) is 14.0 Å². The fourth-order valence-electron chi connectivity index (χ4n) is 2.86. The molecule has 16 heteroatoms. The molecular formula is C14H16N7O8P. The summed E-state index contributed by atoms with van der Waals surface area (Å²) in [4.78, 5) is 36.9. The smallest absolute Gasteiger partial charge is 0.387 e. The van der Waals surface area contributed by atoms with Crippen LogP contribution >= 0.6 is 7.82 Å². The fraction of sp³-hybridized carbons (Fsp3) is 0.357. The standard InChI is InChI=1S/C14H16N7O8P/c15-11-8-12(18-4-17-11)21(6-19-8)13-10(23)9(22)7(28-13)3-27-30(25,26)29-14(24)20-2-1-16-5-20/h1-2,4-7,9-10,13,22-23H,3H2,(H,25,26)(H2,15,17,18)/t7-,9-,10-,13-/m1/s1. The maximum absolute atomic E-state index is 12.0. The van der Waals surface area contributed by atoms with E-state index in [1.54, 1.807) is 0 Å². The number of fused-ring (bicyclic) bond motifs is 1. The van der Waals surface area contributed by atoms with Crippen LogP contribution in [0.3, 0.4) is 0 Å². The summed E-state index contributed by atoms with van der Waals surface area (Å²) in [6, 6.07) is 0. The van der Waals surface area contributed by atoms with Crippen LogP contribution in [0.5, 0.6) is 0 Å². The molecule has 0 aromatic carbocycles. The number of anilines is 1. The van der Waals surface area contributed by atoms with Crippen molar-refractivity contribution in [3.63, 3.8) is 0 Å². The van der Waals surface area contributed by atoms with E-state index in [2.05, 4.69) is 24.5 Å². The van der Waals surface area contributed by atoms with Crippen molar-refractivity contribution in [3.8, 4) is 0 Å². The van der Waals surface area contributed by atoms with Crippen LogP contribution in [0.4, 0.5) is 10.6 Å². The molecule has 4 heterocycles. The predicted molar refractivity (Wildman–Crippen MR) is 95.5 cm³/mol. The molecule has 0 spiro atoms. The summed E-state index contributed by atoms with van der Waals surface area (Å²) < 4.78 is 28.9. The van der Waals surface area contributed by atoms with Crippen molar-refractivity contribution < 1.29 is 38.3 Å². The number of carbonyl (C=O) groups is 1. The highest BCUT2D eigenvalue weighted by Gasteiger charge is 2.45. The van der Waals surface area contributed by atoms with Crippen molar-refractivity contribution >= 4 is 30.9 Å². The SMILES string of the molecule is Nc1ncnc2c1ncn2[C@@H]1O[C@H](COP(=O)(O)OC(=O)n2ccnc2)[C@@H](O)[C@H]1O. The average Bonchev–Trinajstić information content (AvgIpc) is 3.42. The summed E-state index contributed by atoms with van der Waals surface area (Å²) in [5.74, 6) is 0.118. The zero-order chi connectivity index (χ0) is 21.5. The van der Waals surface area contributed by atoms with Gasteiger partial charge in [0.2, 0.25) is 0 Å². The van der Waals surface area contributed by atoms with Gasteiger partial charge < -0.3 is 25.2 Å². The van der Waals surface area contributed by atoms with Gasteiger partial charge in [0.1, 0.15) is 36.5 Å². The Morgan fingerprint density at radius 3 is 2.80 bits per heavy atom. The van der Waals surface area contributed by atoms with Crippen molar-refractivity contribution in [2.75, 3.05) is 12.3 Å². The number of rotatable bonds is 5. The first kappa shape index (κ1) is 20.3. The molecule has 0 aliphatic carbocycles. The van der Waals surface area contributed by atoms with Crippen molar-refractivity contribution in [1.82, 2.24) is 29.1 Å². The number of nitrogen functional groups attached to an aromatic ring is 1. The normalized spacial score (nSPS) is 26.0. The van der Waals surface area contributed by atoms with Gasteiger partial charge >= 0.3 is 13.9 Å². The lowest BCUT2D eigenvalue weighted by Crippen LogP contribution is -2.33. The van der Waals surface area contributed by atoms with Gasteiger partial charge in [-0.2, -0.15) is 0 Å². The van der Waals surface area contributed by atoms with Crippen molar-refractivity contribution in [1.29, 1.82) is 0 Å². The van der Waals surface area contributed by atoms with Crippen molar-refractivity contribution in [2.45, 2.75) is 24.5 Å². The van der Waals surface area contributed by atoms with Gasteiger partial charge in [-0.1, -0.05) is 0 Å². The molecule has 160 valence electrons. The van der Waals surface area contributed by atoms with Crippen LogP contribution in [0.1, 0.15) is 6.23 Å². The Balaban J connectivity index is 1.44. The van der Waals surface area contributed by atoms with Gasteiger partial charge in [-0.05, 0) is 0 Å². The van der Waals surface area contributed by atoms with Gasteiger partial charge in [-0.15, -0.1) is 0 Å². The van der Waals surface area contributed by atoms with E-state index < -0.39 is 45.1 Å². The summed E-state index contributed by atoms with van der Waals surface area (Å²) in [7, 11) is -4.84. The molecule has 5 atom stereocenters. The van der Waals surface area contributed by atoms with Crippen molar-refractivity contribution in [3.05, 3.63) is 31.4 Å². The van der Waals surface area contributed by atoms with Gasteiger partial charge in [0.05, 0.1) is 12.9 Å². The number of hydrogen-bond donors (Lipinski definition) is 4. The molecule has 1 aliphatic rings. The quantitative estimate of drug-likeness (QED) is 0.351. The Hall–Kier alpha value is -2.94. The van der Waals surface area contributed by atoms with Gasteiger partial charge in [-0.25, -0.2) is 33.9 Å². The molecule has 3 aromatic heterocycles. The lowest BCUT2D eigenvalue weighted by atomic mass is 10.1. The first-order valence-corrected chi connectivity index (χ1v) is 9.90. The molecule has 5 N–H and O–H groups in total. The molecule has 0 saturated carbocycles. The second-order valence-electron chi connectivity index (χ2n) is 6.22. The third-order valence-electron chi connectivity index (χ3n) is 4.31. The number of aliphatic hydroxyl groups is 2. The zero-order valence-corrected chi connectivity index (χ0v) is 15.9. The average molecular weight is 441 g/mol. The highest BCUT2D eigenvalue weighted by molar-refractivity contribution is 7.48. The summed E-state index contributed by atoms with van der Waals surface area (Å²) >= 11 is 0. The number of aliphatic hydroxyl groups excluding tert-OH is 2. The van der Waals surface area contributed by atoms with E-state index in [4.69, 9.17) is 15.0 Å². The minimum absolute atomic E-state index is 0.118. The molecule has 1 saturated heterocycles. The highest BCUT2D eigenvalue weighted by atomic mass is 31.2. The first-order valence-electron chi connectivity index (χ1n) is 8.40. The number of carbonyl (C=O) groups excluding carboxylic acids is 1. The molecule has 0 radical (unpaired) electrons. The minimum atomic E-state index is -4.84. The molecule has 4 rings (SSSR count). The number of ether oxygens (including phenoxy) is 1. The molecule has 1 fully saturated rings. The molecule has 0 amide bonds. The van der Waals surface area contributed by atoms with Gasteiger partial charge in [0, 0.05) is 12.4 Å². The molecule has 30 heavy (non-hydrogen) atoms. The van der Waals surface area contributed by atoms with Crippen LogP contribution in [0.15, 0.2) is 31.4 Å². The van der Waals surface area contributed by atoms with Crippen LogP contribution in [0.25, 0.3) is 11.2 Å². The van der Waals surface area contributed by atoms with E-state index in [0.717, 1.165) is 10.9 Å². The summed E-state index contributed by atoms with van der Waals surface area (Å²) in [6.45, 7) is -0.663. The topological polar surface area (TPSA) is 210 Å². The molecule has 3 aromatic rings. The van der Waals surface area contributed by atoms with Gasteiger partial charge in [0.15, 0.2) is 17.7 Å². The van der Waals surface area contributed by atoms with Gasteiger partial charge in [0.25, 0.3) is 0 Å². The Morgan fingerprint density at radius 1 is 1.27 bits per heavy atom. The van der Waals surface area contributed by atoms with E-state index in [0.29, 0.717) is 0 Å². The van der Waals surface area contributed by atoms with Crippen LogP contribution in [0, 0.1) is 0 Å². The molecule has 0 bridgehead atoms. The van der Waals surface area contributed by atoms with Crippen LogP contribution < -0.4 is 5.73 Å². The minimum Gasteiger partial charge on any atom is -0.387 e. The molecule has 1 aliphatic heterocycles. The number of nitrogens with two attached hydrogens (primary N) is 1. The van der Waals surface area contributed by atoms with E-state index in [9.17, 15) is 24.5 Å². The zero-order valence-electron chi connectivity index (χ0n) is 15.0. The summed E-state index contributed by atoms with van der Waals surface area (Å²) in [6.07, 6.45) is -0.450. The number of imidazole rings is 2. The summed E-state index contributed by atoms with van der Waals surface area (Å²) in [5.41, 5.74) is 6.25. The number of phosphoric ester groups is 1. The molecule has 1 unspecified atom stereocenters. The maximum Gasteiger partial charge on any atom is 0.530 e. The van der Waals surface area contributed by atoms with Crippen LogP contribution in [-0.4, -0.2) is 75.2 Å². The van der Waals surface area contributed by atoms with Crippen molar-refractivity contribution in [2.24, 2.45) is 0 Å². The third kappa shape index (κ3) is 3.77. The van der Waals surface area contributed by atoms with Crippen LogP contribution in [0.2, 0.25) is 0 Å². The number of hydrogen-bond acceptors (Lipinski definition) is 12. The van der Waals surface area contributed by atoms with E-state index in [1.807, 2.05) is 0 Å². The third-order valence-corrected chi connectivity index (χ3v) is 5.17. The first-order chi connectivity index (χ1) is 14.3. The summed E-state index contributed by atoms with van der Waals surface area (Å²) in [5, 5.41) is 20.6. The van der Waals surface area contributed by atoms with E-state index in [1.165, 1.54) is 29.6 Å². The Bertz CT molecular complexity index is 1110. The fourth-order valence-corrected chi connectivity index (χ4v) is 3.54. The second kappa shape index (κ2) is 7.71. The Labute approximate surface area is 167 Å². The second-order valence-corrected chi connectivity index (χ2v) is 7.60. The van der Waals surface area contributed by atoms with E-state index in [-0.39, 0.29) is 17.0 Å². The largest absolute Gasteiger partial charge is 0.530 e. The van der Waals surface area contributed by atoms with E-state index >= 15 is 0 Å². The Morgan fingerprint density at radius 2 is 2.07 bits per heavy atom. The number of nitrogens with zero attached hydrogens (tertiary/aromatic N) is 6. The molecular weight excluding hydrogens is 425 g/mol.